The summed E-state index contributed by atoms with van der Waals surface area (Å²) in [5.41, 5.74) is 4.02. The summed E-state index contributed by atoms with van der Waals surface area (Å²) < 4.78 is 16.8. The van der Waals surface area contributed by atoms with Gasteiger partial charge in [-0.3, -0.25) is 25.0 Å². The largest absolute Gasteiger partial charge is 0.490 e. The van der Waals surface area contributed by atoms with Crippen LogP contribution in [-0.4, -0.2) is 35.2 Å². The van der Waals surface area contributed by atoms with Crippen molar-refractivity contribution in [1.29, 1.82) is 0 Å². The Hall–Kier alpha value is -5.78. The van der Waals surface area contributed by atoms with E-state index in [0.717, 1.165) is 29.3 Å². The Labute approximate surface area is 234 Å². The van der Waals surface area contributed by atoms with Crippen LogP contribution < -0.4 is 19.6 Å². The highest BCUT2D eigenvalue weighted by atomic mass is 16.6. The Balaban J connectivity index is 1.36. The fraction of sp³-hybridized carbons (Fsp3) is 0.103. The second-order valence-corrected chi connectivity index (χ2v) is 8.38. The third kappa shape index (κ3) is 7.63. The summed E-state index contributed by atoms with van der Waals surface area (Å²) in [6.45, 7) is 1.76. The molecule has 0 saturated heterocycles. The third-order valence-corrected chi connectivity index (χ3v) is 5.57. The number of nitrogens with zero attached hydrogens (tertiary/aromatic N) is 3. The van der Waals surface area contributed by atoms with Crippen molar-refractivity contribution < 1.29 is 28.9 Å². The Kier molecular flexibility index (Phi) is 9.18. The number of non-ortho nitro benzene ring substituents is 1. The lowest BCUT2D eigenvalue weighted by Crippen LogP contribution is -2.24. The van der Waals surface area contributed by atoms with Gasteiger partial charge in [-0.2, -0.15) is 5.10 Å². The monoisotopic (exact) mass is 556 g/mol. The van der Waals surface area contributed by atoms with E-state index in [4.69, 9.17) is 14.2 Å². The summed E-state index contributed by atoms with van der Waals surface area (Å²) in [5, 5.41) is 26.3. The molecule has 0 radical (unpaired) electrons. The number of hydrogen-bond donors (Lipinski definition) is 1. The molecule has 0 atom stereocenters. The van der Waals surface area contributed by atoms with Crippen LogP contribution in [-0.2, 0) is 4.79 Å². The molecule has 12 nitrogen and oxygen atoms in total. The zero-order chi connectivity index (χ0) is 29.2. The highest BCUT2D eigenvalue weighted by Gasteiger charge is 2.22. The molecule has 0 saturated carbocycles. The highest BCUT2D eigenvalue weighted by molar-refractivity contribution is 5.83. The first-order valence-electron chi connectivity index (χ1n) is 12.3. The van der Waals surface area contributed by atoms with Crippen LogP contribution >= 0.6 is 0 Å². The smallest absolute Gasteiger partial charge is 0.318 e. The molecule has 4 rings (SSSR count). The minimum atomic E-state index is -0.768. The average molecular weight is 557 g/mol. The quantitative estimate of drug-likeness (QED) is 0.129. The van der Waals surface area contributed by atoms with Gasteiger partial charge in [0.05, 0.1) is 28.7 Å². The van der Waals surface area contributed by atoms with Gasteiger partial charge in [-0.05, 0) is 60.0 Å². The van der Waals surface area contributed by atoms with Crippen LogP contribution in [0.3, 0.4) is 0 Å². The second-order valence-electron chi connectivity index (χ2n) is 8.38. The lowest BCUT2D eigenvalue weighted by atomic mass is 10.1. The number of nitrogens with one attached hydrogen (secondary N) is 1. The van der Waals surface area contributed by atoms with Gasteiger partial charge in [-0.1, -0.05) is 42.5 Å². The van der Waals surface area contributed by atoms with Crippen LogP contribution in [0, 0.1) is 20.2 Å². The van der Waals surface area contributed by atoms with E-state index >= 15 is 0 Å². The van der Waals surface area contributed by atoms with Crippen molar-refractivity contribution in [3.05, 3.63) is 117 Å². The number of ether oxygens (including phenoxy) is 3. The number of hydrazone groups is 1. The van der Waals surface area contributed by atoms with E-state index in [2.05, 4.69) is 10.5 Å². The summed E-state index contributed by atoms with van der Waals surface area (Å²) in [6, 6.07) is 25.0. The van der Waals surface area contributed by atoms with Gasteiger partial charge in [-0.25, -0.2) is 5.43 Å². The van der Waals surface area contributed by atoms with E-state index in [-0.39, 0.29) is 30.5 Å². The Bertz CT molecular complexity index is 1570. The number of carbonyl (C=O) groups excluding carboxylic acids is 1. The lowest BCUT2D eigenvalue weighted by Gasteiger charge is -2.12. The van der Waals surface area contributed by atoms with Crippen LogP contribution in [0.5, 0.6) is 23.0 Å². The molecule has 0 bridgehead atoms. The molecule has 0 aliphatic rings. The normalized spacial score (nSPS) is 10.7. The zero-order valence-electron chi connectivity index (χ0n) is 21.8. The molecule has 0 fully saturated rings. The van der Waals surface area contributed by atoms with Gasteiger partial charge in [0.1, 0.15) is 5.75 Å². The first-order chi connectivity index (χ1) is 19.8. The molecule has 1 N–H and O–H groups in total. The van der Waals surface area contributed by atoms with E-state index in [1.807, 2.05) is 42.5 Å². The van der Waals surface area contributed by atoms with Crippen molar-refractivity contribution in [3.63, 3.8) is 0 Å². The first-order valence-corrected chi connectivity index (χ1v) is 12.3. The van der Waals surface area contributed by atoms with E-state index in [1.165, 1.54) is 12.3 Å². The molecule has 0 aromatic heterocycles. The summed E-state index contributed by atoms with van der Waals surface area (Å²) >= 11 is 0. The Morgan fingerprint density at radius 2 is 1.54 bits per heavy atom. The van der Waals surface area contributed by atoms with Crippen molar-refractivity contribution in [1.82, 2.24) is 5.43 Å². The second kappa shape index (κ2) is 13.3. The van der Waals surface area contributed by atoms with E-state index in [9.17, 15) is 25.0 Å². The molecule has 0 aliphatic carbocycles. The van der Waals surface area contributed by atoms with Crippen LogP contribution in [0.25, 0.3) is 11.1 Å². The molecule has 0 unspecified atom stereocenters. The molecule has 1 amide bonds. The number of nitro groups is 2. The average Bonchev–Trinajstić information content (AvgIpc) is 2.98. The van der Waals surface area contributed by atoms with E-state index in [1.54, 1.807) is 31.2 Å². The van der Waals surface area contributed by atoms with Crippen LogP contribution in [0.1, 0.15) is 12.5 Å². The lowest BCUT2D eigenvalue weighted by molar-refractivity contribution is -0.394. The third-order valence-electron chi connectivity index (χ3n) is 5.57. The first kappa shape index (κ1) is 28.2. The molecule has 208 valence electrons. The van der Waals surface area contributed by atoms with Gasteiger partial charge in [0, 0.05) is 6.07 Å². The molecule has 41 heavy (non-hydrogen) atoms. The molecular formula is C29H24N4O8. The number of hydrogen-bond acceptors (Lipinski definition) is 9. The van der Waals surface area contributed by atoms with Gasteiger partial charge in [0.2, 0.25) is 5.75 Å². The number of amides is 1. The zero-order valence-corrected chi connectivity index (χ0v) is 21.8. The van der Waals surface area contributed by atoms with Crippen molar-refractivity contribution in [2.24, 2.45) is 5.10 Å². The van der Waals surface area contributed by atoms with Gasteiger partial charge < -0.3 is 14.2 Å². The molecule has 0 aliphatic heterocycles. The van der Waals surface area contributed by atoms with Gasteiger partial charge in [0.25, 0.3) is 11.6 Å². The van der Waals surface area contributed by atoms with Crippen LogP contribution in [0.2, 0.25) is 0 Å². The predicted molar refractivity (Wildman–Crippen MR) is 151 cm³/mol. The van der Waals surface area contributed by atoms with Crippen LogP contribution in [0.15, 0.2) is 96.1 Å². The Morgan fingerprint density at radius 1 is 0.829 bits per heavy atom. The molecule has 12 heteroatoms. The SMILES string of the molecule is CCOc1cc(/C=N\NC(=O)COc2ccc(-c3ccccc3)cc2)ccc1Oc1ccc([N+](=O)[O-])cc1[N+](=O)[O-]. The summed E-state index contributed by atoms with van der Waals surface area (Å²) in [5.74, 6) is 0.275. The van der Waals surface area contributed by atoms with Gasteiger partial charge >= 0.3 is 5.69 Å². The van der Waals surface area contributed by atoms with Crippen molar-refractivity contribution >= 4 is 23.5 Å². The van der Waals surface area contributed by atoms with Gasteiger partial charge in [-0.15, -0.1) is 0 Å². The summed E-state index contributed by atoms with van der Waals surface area (Å²) in [4.78, 5) is 33.1. The number of carbonyl (C=O) groups is 1. The fourth-order valence-electron chi connectivity index (χ4n) is 3.66. The number of nitro benzene ring substituents is 2. The van der Waals surface area contributed by atoms with E-state index < -0.39 is 27.1 Å². The van der Waals surface area contributed by atoms with Crippen molar-refractivity contribution in [2.45, 2.75) is 6.92 Å². The summed E-state index contributed by atoms with van der Waals surface area (Å²) in [6.07, 6.45) is 1.38. The Morgan fingerprint density at radius 3 is 2.22 bits per heavy atom. The van der Waals surface area contributed by atoms with Crippen molar-refractivity contribution in [2.75, 3.05) is 13.2 Å². The maximum absolute atomic E-state index is 12.2. The van der Waals surface area contributed by atoms with Crippen molar-refractivity contribution in [3.8, 4) is 34.1 Å². The molecule has 4 aromatic rings. The fourth-order valence-corrected chi connectivity index (χ4v) is 3.66. The minimum Gasteiger partial charge on any atom is -0.490 e. The van der Waals surface area contributed by atoms with E-state index in [0.29, 0.717) is 11.3 Å². The van der Waals surface area contributed by atoms with Gasteiger partial charge in [0.15, 0.2) is 18.1 Å². The number of rotatable bonds is 12. The standard InChI is InChI=1S/C29H24N4O8/c1-2-39-28-16-20(8-14-27(28)41-26-15-11-23(32(35)36)17-25(26)33(37)38)18-30-31-29(34)19-40-24-12-9-22(10-13-24)21-6-4-3-5-7-21/h3-18H,2,19H2,1H3,(H,31,34)/b30-18-. The summed E-state index contributed by atoms with van der Waals surface area (Å²) in [7, 11) is 0. The highest BCUT2D eigenvalue weighted by Crippen LogP contribution is 2.38. The maximum Gasteiger partial charge on any atom is 0.318 e. The maximum atomic E-state index is 12.2. The molecule has 0 spiro atoms. The number of benzene rings is 4. The predicted octanol–water partition coefficient (Wildman–Crippen LogP) is 5.89. The molecule has 4 aromatic carbocycles. The minimum absolute atomic E-state index is 0.150. The topological polar surface area (TPSA) is 155 Å². The molecule has 0 heterocycles. The van der Waals surface area contributed by atoms with Crippen LogP contribution in [0.4, 0.5) is 11.4 Å². The molecular weight excluding hydrogens is 532 g/mol.